The molecule has 0 spiro atoms. The van der Waals surface area contributed by atoms with Crippen molar-refractivity contribution in [3.8, 4) is 0 Å². The molecule has 0 aliphatic carbocycles. The van der Waals surface area contributed by atoms with Crippen LogP contribution in [0.2, 0.25) is 5.02 Å². The van der Waals surface area contributed by atoms with Gasteiger partial charge in [-0.2, -0.15) is 0 Å². The number of nitrogens with two attached hydrogens (primary N) is 1. The van der Waals surface area contributed by atoms with Gasteiger partial charge in [0.1, 0.15) is 0 Å². The van der Waals surface area contributed by atoms with Crippen LogP contribution in [-0.4, -0.2) is 23.9 Å². The minimum absolute atomic E-state index is 0.00129. The van der Waals surface area contributed by atoms with Crippen LogP contribution >= 0.6 is 11.6 Å². The average molecular weight is 296 g/mol. The maximum atomic E-state index is 12.6. The first-order valence-corrected chi connectivity index (χ1v) is 7.42. The molecule has 1 aliphatic rings. The second kappa shape index (κ2) is 6.02. The first kappa shape index (κ1) is 15.1. The van der Waals surface area contributed by atoms with E-state index in [0.29, 0.717) is 21.7 Å². The van der Waals surface area contributed by atoms with E-state index in [1.807, 2.05) is 4.90 Å². The number of carbonyl (C=O) groups excluding carboxylic acids is 1. The Morgan fingerprint density at radius 1 is 1.45 bits per heavy atom. The van der Waals surface area contributed by atoms with E-state index in [4.69, 9.17) is 17.4 Å². The van der Waals surface area contributed by atoms with Gasteiger partial charge in [-0.25, -0.2) is 0 Å². The van der Waals surface area contributed by atoms with Crippen molar-refractivity contribution in [2.24, 2.45) is 11.3 Å². The number of benzene rings is 1. The third-order valence-corrected chi connectivity index (χ3v) is 4.71. The van der Waals surface area contributed by atoms with Crippen LogP contribution in [-0.2, 0) is 0 Å². The summed E-state index contributed by atoms with van der Waals surface area (Å²) in [4.78, 5) is 14.5. The van der Waals surface area contributed by atoms with E-state index in [1.165, 1.54) is 0 Å². The Kier molecular flexibility index (Phi) is 4.55. The standard InChI is InChI=1S/C15H22ClN3O/c1-3-15(2)6-8-19(9-7-15)14(20)12-10-11(16)4-5-13(12)18-17/h4-5,10,18H,3,6-9,17H2,1-2H3. The molecule has 1 aliphatic heterocycles. The fraction of sp³-hybridized carbons (Fsp3) is 0.533. The number of carbonyl (C=O) groups is 1. The summed E-state index contributed by atoms with van der Waals surface area (Å²) in [6.07, 6.45) is 3.24. The molecule has 1 heterocycles. The molecule has 110 valence electrons. The van der Waals surface area contributed by atoms with Crippen LogP contribution in [0.15, 0.2) is 18.2 Å². The van der Waals surface area contributed by atoms with E-state index in [2.05, 4.69) is 19.3 Å². The Hall–Kier alpha value is -1.26. The largest absolute Gasteiger partial charge is 0.339 e. The Bertz CT molecular complexity index is 496. The maximum Gasteiger partial charge on any atom is 0.256 e. The fourth-order valence-electron chi connectivity index (χ4n) is 2.59. The predicted octanol–water partition coefficient (Wildman–Crippen LogP) is 3.28. The van der Waals surface area contributed by atoms with E-state index in [9.17, 15) is 4.79 Å². The second-order valence-electron chi connectivity index (χ2n) is 5.79. The van der Waals surface area contributed by atoms with E-state index in [0.717, 1.165) is 32.4 Å². The molecule has 0 unspecified atom stereocenters. The average Bonchev–Trinajstić information content (AvgIpc) is 2.47. The van der Waals surface area contributed by atoms with Gasteiger partial charge in [0.2, 0.25) is 0 Å². The van der Waals surface area contributed by atoms with Crippen LogP contribution in [0.3, 0.4) is 0 Å². The number of rotatable bonds is 3. The minimum atomic E-state index is -0.00129. The summed E-state index contributed by atoms with van der Waals surface area (Å²) < 4.78 is 0. The summed E-state index contributed by atoms with van der Waals surface area (Å²) >= 11 is 5.99. The Morgan fingerprint density at radius 2 is 2.10 bits per heavy atom. The number of hydrogen-bond donors (Lipinski definition) is 2. The third kappa shape index (κ3) is 3.07. The molecule has 5 heteroatoms. The molecule has 0 saturated carbocycles. The molecule has 1 aromatic carbocycles. The van der Waals surface area contributed by atoms with Crippen molar-refractivity contribution in [1.82, 2.24) is 4.90 Å². The number of hydrogen-bond acceptors (Lipinski definition) is 3. The molecule has 2 rings (SSSR count). The second-order valence-corrected chi connectivity index (χ2v) is 6.23. The van der Waals surface area contributed by atoms with Crippen molar-refractivity contribution in [2.75, 3.05) is 18.5 Å². The monoisotopic (exact) mass is 295 g/mol. The maximum absolute atomic E-state index is 12.6. The van der Waals surface area contributed by atoms with Gasteiger partial charge in [0.05, 0.1) is 11.3 Å². The zero-order valence-corrected chi connectivity index (χ0v) is 12.8. The molecular weight excluding hydrogens is 274 g/mol. The molecule has 1 saturated heterocycles. The Morgan fingerprint density at radius 3 is 2.65 bits per heavy atom. The first-order valence-electron chi connectivity index (χ1n) is 7.04. The van der Waals surface area contributed by atoms with Crippen molar-refractivity contribution in [3.63, 3.8) is 0 Å². The van der Waals surface area contributed by atoms with Crippen LogP contribution in [0.25, 0.3) is 0 Å². The summed E-state index contributed by atoms with van der Waals surface area (Å²) in [6, 6.07) is 5.13. The smallest absolute Gasteiger partial charge is 0.256 e. The molecule has 0 radical (unpaired) electrons. The lowest BCUT2D eigenvalue weighted by Gasteiger charge is -2.39. The number of piperidine rings is 1. The van der Waals surface area contributed by atoms with Gasteiger partial charge in [0, 0.05) is 18.1 Å². The van der Waals surface area contributed by atoms with E-state index in [1.54, 1.807) is 18.2 Å². The number of nitrogens with zero attached hydrogens (tertiary/aromatic N) is 1. The van der Waals surface area contributed by atoms with E-state index < -0.39 is 0 Å². The van der Waals surface area contributed by atoms with Crippen molar-refractivity contribution in [3.05, 3.63) is 28.8 Å². The van der Waals surface area contributed by atoms with Gasteiger partial charge >= 0.3 is 0 Å². The lowest BCUT2D eigenvalue weighted by molar-refractivity contribution is 0.0601. The lowest BCUT2D eigenvalue weighted by atomic mass is 9.78. The molecular formula is C15H22ClN3O. The number of anilines is 1. The summed E-state index contributed by atoms with van der Waals surface area (Å²) in [5.74, 6) is 5.47. The minimum Gasteiger partial charge on any atom is -0.339 e. The zero-order valence-electron chi connectivity index (χ0n) is 12.1. The highest BCUT2D eigenvalue weighted by Gasteiger charge is 2.31. The number of amides is 1. The molecule has 4 nitrogen and oxygen atoms in total. The SMILES string of the molecule is CCC1(C)CCN(C(=O)c2cc(Cl)ccc2NN)CC1. The molecule has 1 amide bonds. The van der Waals surface area contributed by atoms with Crippen molar-refractivity contribution in [2.45, 2.75) is 33.1 Å². The van der Waals surface area contributed by atoms with Crippen LogP contribution in [0.4, 0.5) is 5.69 Å². The van der Waals surface area contributed by atoms with Crippen LogP contribution in [0.1, 0.15) is 43.5 Å². The summed E-state index contributed by atoms with van der Waals surface area (Å²) in [6.45, 7) is 6.09. The highest BCUT2D eigenvalue weighted by molar-refractivity contribution is 6.31. The Balaban J connectivity index is 2.15. The van der Waals surface area contributed by atoms with Gasteiger partial charge in [-0.05, 0) is 36.5 Å². The molecule has 0 atom stereocenters. The highest BCUT2D eigenvalue weighted by atomic mass is 35.5. The quantitative estimate of drug-likeness (QED) is 0.664. The number of halogens is 1. The number of hydrazine groups is 1. The predicted molar refractivity (Wildman–Crippen MR) is 82.8 cm³/mol. The van der Waals surface area contributed by atoms with Crippen LogP contribution in [0.5, 0.6) is 0 Å². The van der Waals surface area contributed by atoms with Crippen molar-refractivity contribution >= 4 is 23.2 Å². The molecule has 1 fully saturated rings. The van der Waals surface area contributed by atoms with Crippen LogP contribution < -0.4 is 11.3 Å². The first-order chi connectivity index (χ1) is 9.49. The highest BCUT2D eigenvalue weighted by Crippen LogP contribution is 2.34. The number of nitrogens with one attached hydrogen (secondary N) is 1. The fourth-order valence-corrected chi connectivity index (χ4v) is 2.76. The van der Waals surface area contributed by atoms with Crippen molar-refractivity contribution < 1.29 is 4.79 Å². The number of likely N-dealkylation sites (tertiary alicyclic amines) is 1. The Labute approximate surface area is 125 Å². The summed E-state index contributed by atoms with van der Waals surface area (Å²) in [5, 5.41) is 0.544. The molecule has 20 heavy (non-hydrogen) atoms. The van der Waals surface area contributed by atoms with Crippen LogP contribution in [0, 0.1) is 5.41 Å². The number of nitrogen functional groups attached to an aromatic ring is 1. The van der Waals surface area contributed by atoms with Gasteiger partial charge in [-0.1, -0.05) is 31.9 Å². The van der Waals surface area contributed by atoms with Gasteiger partial charge in [0.15, 0.2) is 0 Å². The molecule has 0 aromatic heterocycles. The lowest BCUT2D eigenvalue weighted by Crippen LogP contribution is -2.42. The third-order valence-electron chi connectivity index (χ3n) is 4.48. The molecule has 1 aromatic rings. The summed E-state index contributed by atoms with van der Waals surface area (Å²) in [5.41, 5.74) is 4.08. The van der Waals surface area contributed by atoms with Gasteiger partial charge in [-0.3, -0.25) is 10.6 Å². The van der Waals surface area contributed by atoms with Gasteiger partial charge in [-0.15, -0.1) is 0 Å². The normalized spacial score (nSPS) is 17.9. The zero-order chi connectivity index (χ0) is 14.8. The topological polar surface area (TPSA) is 58.4 Å². The van der Waals surface area contributed by atoms with Crippen molar-refractivity contribution in [1.29, 1.82) is 0 Å². The van der Waals surface area contributed by atoms with Gasteiger partial charge < -0.3 is 10.3 Å². The van der Waals surface area contributed by atoms with Gasteiger partial charge in [0.25, 0.3) is 5.91 Å². The van der Waals surface area contributed by atoms with E-state index in [-0.39, 0.29) is 5.91 Å². The molecule has 0 bridgehead atoms. The summed E-state index contributed by atoms with van der Waals surface area (Å²) in [7, 11) is 0. The van der Waals surface area contributed by atoms with E-state index >= 15 is 0 Å². The molecule has 3 N–H and O–H groups in total.